The standard InChI is InChI=1S/C19H20ClFN6O/c20-12-3-4-15(21)16(8-12)23-9-17(28)26-13-2-1-7-27(10-13)19-14-5-6-22-18(14)24-11-25-19/h3-6,8,11,13,23H,1-2,7,9-10H2,(H,26,28)(H,22,24,25)/t13-/m0/s1. The molecule has 0 spiro atoms. The highest BCUT2D eigenvalue weighted by Crippen LogP contribution is 2.25. The van der Waals surface area contributed by atoms with E-state index in [4.69, 9.17) is 11.6 Å². The van der Waals surface area contributed by atoms with Crippen LogP contribution in [0.2, 0.25) is 5.02 Å². The van der Waals surface area contributed by atoms with E-state index in [2.05, 4.69) is 30.5 Å². The number of nitrogens with zero attached hydrogens (tertiary/aromatic N) is 3. The SMILES string of the molecule is O=C(CNc1cc(Cl)ccc1F)N[C@H]1CCCN(c2ncnc3[nH]ccc23)C1. The maximum Gasteiger partial charge on any atom is 0.239 e. The lowest BCUT2D eigenvalue weighted by Crippen LogP contribution is -2.49. The van der Waals surface area contributed by atoms with E-state index in [-0.39, 0.29) is 24.2 Å². The van der Waals surface area contributed by atoms with E-state index < -0.39 is 5.82 Å². The normalized spacial score (nSPS) is 16.9. The number of carbonyl (C=O) groups is 1. The van der Waals surface area contributed by atoms with Gasteiger partial charge < -0.3 is 20.5 Å². The maximum atomic E-state index is 13.7. The number of benzene rings is 1. The molecule has 28 heavy (non-hydrogen) atoms. The predicted octanol–water partition coefficient (Wildman–Crippen LogP) is 2.95. The van der Waals surface area contributed by atoms with E-state index in [0.29, 0.717) is 11.6 Å². The number of hydrogen-bond acceptors (Lipinski definition) is 5. The summed E-state index contributed by atoms with van der Waals surface area (Å²) in [7, 11) is 0. The molecule has 146 valence electrons. The molecule has 0 bridgehead atoms. The fourth-order valence-electron chi connectivity index (χ4n) is 3.49. The number of H-pyrrole nitrogens is 1. The third-order valence-electron chi connectivity index (χ3n) is 4.79. The van der Waals surface area contributed by atoms with Crippen molar-refractivity contribution in [1.82, 2.24) is 20.3 Å². The Kier molecular flexibility index (Phi) is 5.29. The van der Waals surface area contributed by atoms with E-state index in [1.54, 1.807) is 6.33 Å². The molecule has 1 aromatic carbocycles. The van der Waals surface area contributed by atoms with Gasteiger partial charge in [0.2, 0.25) is 5.91 Å². The molecule has 0 radical (unpaired) electrons. The second kappa shape index (κ2) is 8.02. The first-order valence-electron chi connectivity index (χ1n) is 9.11. The highest BCUT2D eigenvalue weighted by Gasteiger charge is 2.24. The van der Waals surface area contributed by atoms with Crippen LogP contribution in [0.1, 0.15) is 12.8 Å². The third kappa shape index (κ3) is 4.01. The smallest absolute Gasteiger partial charge is 0.239 e. The zero-order valence-electron chi connectivity index (χ0n) is 15.1. The van der Waals surface area contributed by atoms with Crippen molar-refractivity contribution in [3.05, 3.63) is 47.6 Å². The summed E-state index contributed by atoms with van der Waals surface area (Å²) < 4.78 is 13.7. The lowest BCUT2D eigenvalue weighted by molar-refractivity contribution is -0.120. The Bertz CT molecular complexity index is 993. The zero-order valence-corrected chi connectivity index (χ0v) is 15.8. The first-order chi connectivity index (χ1) is 13.6. The number of nitrogens with one attached hydrogen (secondary N) is 3. The average Bonchev–Trinajstić information content (AvgIpc) is 3.18. The molecule has 3 heterocycles. The van der Waals surface area contributed by atoms with Crippen molar-refractivity contribution in [3.8, 4) is 0 Å². The fraction of sp³-hybridized carbons (Fsp3) is 0.316. The topological polar surface area (TPSA) is 85.9 Å². The third-order valence-corrected chi connectivity index (χ3v) is 5.02. The van der Waals surface area contributed by atoms with Gasteiger partial charge in [0, 0.05) is 30.4 Å². The van der Waals surface area contributed by atoms with Crippen LogP contribution < -0.4 is 15.5 Å². The van der Waals surface area contributed by atoms with Crippen LogP contribution in [0.4, 0.5) is 15.9 Å². The second-order valence-corrected chi connectivity index (χ2v) is 7.20. The van der Waals surface area contributed by atoms with Crippen LogP contribution in [-0.2, 0) is 4.79 Å². The van der Waals surface area contributed by atoms with Crippen LogP contribution in [0.15, 0.2) is 36.8 Å². The molecule has 3 N–H and O–H groups in total. The molecule has 1 fully saturated rings. The van der Waals surface area contributed by atoms with Crippen LogP contribution in [0, 0.1) is 5.82 Å². The van der Waals surface area contributed by atoms with Crippen LogP contribution in [0.25, 0.3) is 11.0 Å². The monoisotopic (exact) mass is 402 g/mol. The van der Waals surface area contributed by atoms with Crippen molar-refractivity contribution < 1.29 is 9.18 Å². The van der Waals surface area contributed by atoms with Gasteiger partial charge in [-0.05, 0) is 37.1 Å². The Hall–Kier alpha value is -2.87. The molecule has 0 unspecified atom stereocenters. The lowest BCUT2D eigenvalue weighted by Gasteiger charge is -2.34. The van der Waals surface area contributed by atoms with Gasteiger partial charge in [-0.1, -0.05) is 11.6 Å². The second-order valence-electron chi connectivity index (χ2n) is 6.77. The minimum absolute atomic E-state index is 0.00350. The van der Waals surface area contributed by atoms with Gasteiger partial charge in [-0.15, -0.1) is 0 Å². The summed E-state index contributed by atoms with van der Waals surface area (Å²) in [5.74, 6) is 0.227. The van der Waals surface area contributed by atoms with Gasteiger partial charge in [-0.3, -0.25) is 4.79 Å². The Labute approximate surface area is 166 Å². The molecule has 1 saturated heterocycles. The number of aromatic amines is 1. The minimum atomic E-state index is -0.444. The average molecular weight is 403 g/mol. The van der Waals surface area contributed by atoms with Crippen molar-refractivity contribution in [2.24, 2.45) is 0 Å². The minimum Gasteiger partial charge on any atom is -0.374 e. The van der Waals surface area contributed by atoms with Gasteiger partial charge in [0.25, 0.3) is 0 Å². The predicted molar refractivity (Wildman–Crippen MR) is 107 cm³/mol. The number of hydrogen-bond donors (Lipinski definition) is 3. The molecule has 0 aliphatic carbocycles. The summed E-state index contributed by atoms with van der Waals surface area (Å²) in [6.45, 7) is 1.51. The molecule has 1 aliphatic heterocycles. The van der Waals surface area contributed by atoms with Crippen LogP contribution in [0.5, 0.6) is 0 Å². The molecule has 3 aromatic rings. The lowest BCUT2D eigenvalue weighted by atomic mass is 10.1. The van der Waals surface area contributed by atoms with Crippen LogP contribution >= 0.6 is 11.6 Å². The highest BCUT2D eigenvalue weighted by atomic mass is 35.5. The summed E-state index contributed by atoms with van der Waals surface area (Å²) in [6, 6.07) is 6.15. The molecule has 1 aliphatic rings. The number of anilines is 2. The van der Waals surface area contributed by atoms with Crippen molar-refractivity contribution >= 4 is 40.0 Å². The number of carbonyl (C=O) groups excluding carboxylic acids is 1. The summed E-state index contributed by atoms with van der Waals surface area (Å²) in [6.07, 6.45) is 5.21. The molecular weight excluding hydrogens is 383 g/mol. The molecule has 2 aromatic heterocycles. The molecule has 1 amide bonds. The van der Waals surface area contributed by atoms with Gasteiger partial charge in [0.15, 0.2) is 0 Å². The number of amides is 1. The van der Waals surface area contributed by atoms with Gasteiger partial charge in [-0.25, -0.2) is 14.4 Å². The van der Waals surface area contributed by atoms with E-state index in [1.807, 2.05) is 12.3 Å². The first kappa shape index (κ1) is 18.5. The van der Waals surface area contributed by atoms with E-state index in [9.17, 15) is 9.18 Å². The molecule has 7 nitrogen and oxygen atoms in total. The first-order valence-corrected chi connectivity index (χ1v) is 9.49. The largest absolute Gasteiger partial charge is 0.374 e. The fourth-order valence-corrected chi connectivity index (χ4v) is 3.66. The van der Waals surface area contributed by atoms with Gasteiger partial charge in [0.05, 0.1) is 17.6 Å². The van der Waals surface area contributed by atoms with Gasteiger partial charge >= 0.3 is 0 Å². The highest BCUT2D eigenvalue weighted by molar-refractivity contribution is 6.30. The van der Waals surface area contributed by atoms with Crippen LogP contribution in [0.3, 0.4) is 0 Å². The van der Waals surface area contributed by atoms with Crippen molar-refractivity contribution in [2.75, 3.05) is 29.9 Å². The maximum absolute atomic E-state index is 13.7. The van der Waals surface area contributed by atoms with Crippen molar-refractivity contribution in [3.63, 3.8) is 0 Å². The molecule has 0 saturated carbocycles. The number of rotatable bonds is 5. The Morgan fingerprint density at radius 2 is 2.25 bits per heavy atom. The zero-order chi connectivity index (χ0) is 19.5. The number of fused-ring (bicyclic) bond motifs is 1. The number of halogens is 2. The Balaban J connectivity index is 1.36. The Morgan fingerprint density at radius 3 is 3.14 bits per heavy atom. The Morgan fingerprint density at radius 1 is 1.36 bits per heavy atom. The summed E-state index contributed by atoms with van der Waals surface area (Å²) in [5.41, 5.74) is 1.01. The van der Waals surface area contributed by atoms with Crippen LogP contribution in [-0.4, -0.2) is 46.5 Å². The van der Waals surface area contributed by atoms with E-state index in [0.717, 1.165) is 36.2 Å². The number of piperidine rings is 1. The van der Waals surface area contributed by atoms with E-state index >= 15 is 0 Å². The van der Waals surface area contributed by atoms with Gasteiger partial charge in [0.1, 0.15) is 23.6 Å². The molecular formula is C19H20ClFN6O. The quantitative estimate of drug-likeness (QED) is 0.611. The molecule has 4 rings (SSSR count). The number of aromatic nitrogens is 3. The van der Waals surface area contributed by atoms with Crippen molar-refractivity contribution in [1.29, 1.82) is 0 Å². The van der Waals surface area contributed by atoms with Crippen molar-refractivity contribution in [2.45, 2.75) is 18.9 Å². The molecule has 9 heteroatoms. The summed E-state index contributed by atoms with van der Waals surface area (Å²) in [5, 5.41) is 7.19. The summed E-state index contributed by atoms with van der Waals surface area (Å²) in [4.78, 5) is 26.2. The summed E-state index contributed by atoms with van der Waals surface area (Å²) >= 11 is 5.87. The van der Waals surface area contributed by atoms with E-state index in [1.165, 1.54) is 18.2 Å². The van der Waals surface area contributed by atoms with Gasteiger partial charge in [-0.2, -0.15) is 0 Å². The molecule has 1 atom stereocenters.